The number of amides is 1. The Morgan fingerprint density at radius 2 is 1.92 bits per heavy atom. The Bertz CT molecular complexity index is 180. The molecule has 0 heterocycles. The lowest BCUT2D eigenvalue weighted by molar-refractivity contribution is -0.126. The van der Waals surface area contributed by atoms with Gasteiger partial charge in [-0.15, -0.1) is 11.6 Å². The van der Waals surface area contributed by atoms with Crippen molar-refractivity contribution in [1.29, 1.82) is 0 Å². The monoisotopic (exact) mass is 191 g/mol. The highest BCUT2D eigenvalue weighted by Gasteiger charge is 2.21. The van der Waals surface area contributed by atoms with Gasteiger partial charge in [-0.1, -0.05) is 13.8 Å². The lowest BCUT2D eigenvalue weighted by Gasteiger charge is -2.18. The first kappa shape index (κ1) is 11.4. The summed E-state index contributed by atoms with van der Waals surface area (Å²) < 4.78 is 0. The third kappa shape index (κ3) is 3.72. The largest absolute Gasteiger partial charge is 0.346 e. The van der Waals surface area contributed by atoms with Crippen molar-refractivity contribution in [2.45, 2.75) is 26.8 Å². The zero-order valence-corrected chi connectivity index (χ0v) is 8.31. The van der Waals surface area contributed by atoms with Gasteiger partial charge in [0, 0.05) is 6.92 Å². The van der Waals surface area contributed by atoms with Gasteiger partial charge in [0.15, 0.2) is 5.78 Å². The average Bonchev–Trinajstić information content (AvgIpc) is 1.98. The number of carbonyl (C=O) groups excluding carboxylic acids is 2. The molecule has 1 N–H and O–H groups in total. The highest BCUT2D eigenvalue weighted by molar-refractivity contribution is 6.28. The molecule has 0 aromatic heterocycles. The fourth-order valence-corrected chi connectivity index (χ4v) is 1.09. The summed E-state index contributed by atoms with van der Waals surface area (Å²) in [4.78, 5) is 21.8. The van der Waals surface area contributed by atoms with E-state index in [0.717, 1.165) is 0 Å². The molecule has 4 heteroatoms. The van der Waals surface area contributed by atoms with Crippen LogP contribution in [0.3, 0.4) is 0 Å². The topological polar surface area (TPSA) is 46.2 Å². The fourth-order valence-electron chi connectivity index (χ4n) is 0.921. The molecule has 1 atom stereocenters. The first-order valence-corrected chi connectivity index (χ1v) is 4.38. The molecule has 0 spiro atoms. The first-order valence-electron chi connectivity index (χ1n) is 3.84. The third-order valence-electron chi connectivity index (χ3n) is 1.50. The molecular weight excluding hydrogens is 178 g/mol. The summed E-state index contributed by atoms with van der Waals surface area (Å²) in [6.45, 7) is 5.12. The minimum absolute atomic E-state index is 0.0525. The standard InChI is InChI=1S/C8H14ClNO2/c1-5(2)8(7(12)4-9)10-6(3)11/h5,8H,4H2,1-3H3,(H,10,11). The van der Waals surface area contributed by atoms with Gasteiger partial charge >= 0.3 is 0 Å². The predicted molar refractivity (Wildman–Crippen MR) is 48.2 cm³/mol. The smallest absolute Gasteiger partial charge is 0.217 e. The van der Waals surface area contributed by atoms with E-state index in [9.17, 15) is 9.59 Å². The van der Waals surface area contributed by atoms with Gasteiger partial charge in [0.25, 0.3) is 0 Å². The Hall–Kier alpha value is -0.570. The molecule has 70 valence electrons. The SMILES string of the molecule is CC(=O)NC(C(=O)CCl)C(C)C. The number of alkyl halides is 1. The van der Waals surface area contributed by atoms with E-state index in [-0.39, 0.29) is 23.5 Å². The molecule has 0 aliphatic rings. The van der Waals surface area contributed by atoms with E-state index < -0.39 is 6.04 Å². The van der Waals surface area contributed by atoms with Crippen molar-refractivity contribution in [3.63, 3.8) is 0 Å². The Labute approximate surface area is 77.5 Å². The number of Topliss-reactive ketones (excluding diaryl/α,β-unsaturated/α-hetero) is 1. The van der Waals surface area contributed by atoms with Crippen molar-refractivity contribution >= 4 is 23.3 Å². The van der Waals surface area contributed by atoms with Crippen LogP contribution in [-0.2, 0) is 9.59 Å². The molecule has 12 heavy (non-hydrogen) atoms. The van der Waals surface area contributed by atoms with E-state index >= 15 is 0 Å². The van der Waals surface area contributed by atoms with Crippen LogP contribution in [0.4, 0.5) is 0 Å². The molecule has 1 amide bonds. The molecule has 0 aromatic carbocycles. The zero-order chi connectivity index (χ0) is 9.72. The van der Waals surface area contributed by atoms with Crippen LogP contribution in [0.1, 0.15) is 20.8 Å². The van der Waals surface area contributed by atoms with E-state index in [1.807, 2.05) is 13.8 Å². The van der Waals surface area contributed by atoms with Gasteiger partial charge in [0.2, 0.25) is 5.91 Å². The van der Waals surface area contributed by atoms with Crippen LogP contribution in [0.25, 0.3) is 0 Å². The molecule has 0 aromatic rings. The number of nitrogens with one attached hydrogen (secondary N) is 1. The normalized spacial score (nSPS) is 12.8. The second-order valence-corrected chi connectivity index (χ2v) is 3.29. The molecule has 1 unspecified atom stereocenters. The maximum atomic E-state index is 11.1. The fraction of sp³-hybridized carbons (Fsp3) is 0.750. The highest BCUT2D eigenvalue weighted by atomic mass is 35.5. The maximum absolute atomic E-state index is 11.1. The van der Waals surface area contributed by atoms with Crippen LogP contribution in [0.5, 0.6) is 0 Å². The summed E-state index contributed by atoms with van der Waals surface area (Å²) in [5.74, 6) is -0.308. The Morgan fingerprint density at radius 3 is 2.17 bits per heavy atom. The predicted octanol–water partition coefficient (Wildman–Crippen LogP) is 0.955. The van der Waals surface area contributed by atoms with E-state index in [2.05, 4.69) is 5.32 Å². The van der Waals surface area contributed by atoms with Crippen LogP contribution < -0.4 is 5.32 Å². The molecule has 0 aliphatic carbocycles. The number of carbonyl (C=O) groups is 2. The van der Waals surface area contributed by atoms with Gasteiger partial charge < -0.3 is 5.32 Å². The van der Waals surface area contributed by atoms with Crippen LogP contribution in [-0.4, -0.2) is 23.6 Å². The number of ketones is 1. The Balaban J connectivity index is 4.23. The van der Waals surface area contributed by atoms with Gasteiger partial charge in [-0.3, -0.25) is 9.59 Å². The lowest BCUT2D eigenvalue weighted by Crippen LogP contribution is -2.44. The van der Waals surface area contributed by atoms with Gasteiger partial charge in [0.1, 0.15) is 0 Å². The second-order valence-electron chi connectivity index (χ2n) is 3.02. The van der Waals surface area contributed by atoms with Crippen molar-refractivity contribution in [3.8, 4) is 0 Å². The van der Waals surface area contributed by atoms with Crippen LogP contribution in [0.15, 0.2) is 0 Å². The van der Waals surface area contributed by atoms with Crippen LogP contribution >= 0.6 is 11.6 Å². The maximum Gasteiger partial charge on any atom is 0.217 e. The van der Waals surface area contributed by atoms with E-state index in [1.54, 1.807) is 0 Å². The molecule has 0 aliphatic heterocycles. The van der Waals surface area contributed by atoms with Crippen molar-refractivity contribution < 1.29 is 9.59 Å². The molecule has 3 nitrogen and oxygen atoms in total. The van der Waals surface area contributed by atoms with Gasteiger partial charge in [-0.05, 0) is 5.92 Å². The lowest BCUT2D eigenvalue weighted by atomic mass is 10.0. The van der Waals surface area contributed by atoms with Crippen molar-refractivity contribution in [3.05, 3.63) is 0 Å². The van der Waals surface area contributed by atoms with Crippen molar-refractivity contribution in [1.82, 2.24) is 5.32 Å². The second kappa shape index (κ2) is 5.14. The summed E-state index contributed by atoms with van der Waals surface area (Å²) in [6, 6.07) is -0.444. The summed E-state index contributed by atoms with van der Waals surface area (Å²) >= 11 is 5.37. The summed E-state index contributed by atoms with van der Waals surface area (Å²) in [5.41, 5.74) is 0. The van der Waals surface area contributed by atoms with E-state index in [1.165, 1.54) is 6.92 Å². The number of hydrogen-bond acceptors (Lipinski definition) is 2. The molecule has 0 fully saturated rings. The number of rotatable bonds is 4. The highest BCUT2D eigenvalue weighted by Crippen LogP contribution is 2.03. The number of halogens is 1. The van der Waals surface area contributed by atoms with Crippen LogP contribution in [0.2, 0.25) is 0 Å². The molecule has 0 saturated heterocycles. The van der Waals surface area contributed by atoms with Crippen molar-refractivity contribution in [2.24, 2.45) is 5.92 Å². The molecule has 0 rings (SSSR count). The van der Waals surface area contributed by atoms with Crippen molar-refractivity contribution in [2.75, 3.05) is 5.88 Å². The number of hydrogen-bond donors (Lipinski definition) is 1. The third-order valence-corrected chi connectivity index (χ3v) is 1.77. The average molecular weight is 192 g/mol. The molecule has 0 saturated carbocycles. The summed E-state index contributed by atoms with van der Waals surface area (Å²) in [6.07, 6.45) is 0. The van der Waals surface area contributed by atoms with Gasteiger partial charge in [-0.2, -0.15) is 0 Å². The van der Waals surface area contributed by atoms with E-state index in [4.69, 9.17) is 11.6 Å². The zero-order valence-electron chi connectivity index (χ0n) is 7.56. The minimum atomic E-state index is -0.444. The van der Waals surface area contributed by atoms with E-state index in [0.29, 0.717) is 0 Å². The molecule has 0 radical (unpaired) electrons. The summed E-state index contributed by atoms with van der Waals surface area (Å²) in [5, 5.41) is 2.56. The minimum Gasteiger partial charge on any atom is -0.346 e. The quantitative estimate of drug-likeness (QED) is 0.673. The molecule has 0 bridgehead atoms. The molecular formula is C8H14ClNO2. The first-order chi connectivity index (χ1) is 5.49. The Morgan fingerprint density at radius 1 is 1.42 bits per heavy atom. The summed E-state index contributed by atoms with van der Waals surface area (Å²) in [7, 11) is 0. The Kier molecular flexibility index (Phi) is 4.90. The van der Waals surface area contributed by atoms with Crippen LogP contribution in [0, 0.1) is 5.92 Å². The van der Waals surface area contributed by atoms with Gasteiger partial charge in [-0.25, -0.2) is 0 Å². The van der Waals surface area contributed by atoms with Gasteiger partial charge in [0.05, 0.1) is 11.9 Å².